The highest BCUT2D eigenvalue weighted by Crippen LogP contribution is 2.25. The Morgan fingerprint density at radius 3 is 2.06 bits per heavy atom. The van der Waals surface area contributed by atoms with Crippen LogP contribution in [-0.4, -0.2) is 36.3 Å². The Bertz CT molecular complexity index is 1090. The third-order valence-corrected chi connectivity index (χ3v) is 6.60. The molecule has 0 aliphatic carbocycles. The molecule has 6 heteroatoms. The first-order chi connectivity index (χ1) is 16.6. The van der Waals surface area contributed by atoms with Crippen molar-refractivity contribution in [3.63, 3.8) is 0 Å². The fraction of sp³-hybridized carbons (Fsp3) is 0.286. The first kappa shape index (κ1) is 24.0. The summed E-state index contributed by atoms with van der Waals surface area (Å²) in [4.78, 5) is 28.4. The van der Waals surface area contributed by atoms with Crippen molar-refractivity contribution in [1.29, 1.82) is 0 Å². The molecule has 1 aliphatic rings. The minimum Gasteiger partial charge on any atom is -0.354 e. The molecule has 0 saturated carbocycles. The Hall–Kier alpha value is -3.15. The van der Waals surface area contributed by atoms with Crippen LogP contribution >= 0.6 is 11.6 Å². The van der Waals surface area contributed by atoms with E-state index in [4.69, 9.17) is 11.6 Å². The van der Waals surface area contributed by atoms with Gasteiger partial charge >= 0.3 is 0 Å². The molecule has 176 valence electrons. The normalized spacial score (nSPS) is 15.4. The zero-order valence-electron chi connectivity index (χ0n) is 19.1. The molecule has 2 amide bonds. The fourth-order valence-electron chi connectivity index (χ4n) is 4.47. The fourth-order valence-corrected chi connectivity index (χ4v) is 4.69. The number of likely N-dealkylation sites (tertiary alicyclic amines) is 1. The summed E-state index contributed by atoms with van der Waals surface area (Å²) in [6.07, 6.45) is 2.50. The van der Waals surface area contributed by atoms with Crippen LogP contribution in [0.5, 0.6) is 0 Å². The van der Waals surface area contributed by atoms with Gasteiger partial charge in [0.15, 0.2) is 0 Å². The van der Waals surface area contributed by atoms with Crippen LogP contribution in [0.1, 0.15) is 52.8 Å². The van der Waals surface area contributed by atoms with Crippen molar-refractivity contribution in [2.24, 2.45) is 0 Å². The molecule has 0 aromatic heterocycles. The van der Waals surface area contributed by atoms with E-state index >= 15 is 0 Å². The zero-order valence-corrected chi connectivity index (χ0v) is 19.9. The van der Waals surface area contributed by atoms with Crippen molar-refractivity contribution >= 4 is 23.4 Å². The molecule has 1 saturated heterocycles. The van der Waals surface area contributed by atoms with Crippen molar-refractivity contribution in [2.45, 2.75) is 31.3 Å². The molecule has 2 atom stereocenters. The zero-order chi connectivity index (χ0) is 23.8. The summed E-state index contributed by atoms with van der Waals surface area (Å²) < 4.78 is 0. The third-order valence-electron chi connectivity index (χ3n) is 6.27. The highest BCUT2D eigenvalue weighted by atomic mass is 35.5. The summed E-state index contributed by atoms with van der Waals surface area (Å²) in [6, 6.07) is 26.5. The predicted octanol–water partition coefficient (Wildman–Crippen LogP) is 5.15. The van der Waals surface area contributed by atoms with E-state index in [-0.39, 0.29) is 24.3 Å². The molecule has 1 fully saturated rings. The van der Waals surface area contributed by atoms with Crippen molar-refractivity contribution in [3.05, 3.63) is 107 Å². The van der Waals surface area contributed by atoms with E-state index in [0.29, 0.717) is 17.1 Å². The Kier molecular flexibility index (Phi) is 8.34. The van der Waals surface area contributed by atoms with Crippen LogP contribution in [0, 0.1) is 0 Å². The van der Waals surface area contributed by atoms with Gasteiger partial charge in [-0.2, -0.15) is 0 Å². The second-order valence-electron chi connectivity index (χ2n) is 8.59. The van der Waals surface area contributed by atoms with E-state index in [2.05, 4.69) is 27.7 Å². The molecule has 34 heavy (non-hydrogen) atoms. The summed E-state index contributed by atoms with van der Waals surface area (Å²) >= 11 is 6.21. The number of hydrogen-bond acceptors (Lipinski definition) is 3. The molecule has 5 nitrogen and oxygen atoms in total. The number of amides is 2. The average Bonchev–Trinajstić information content (AvgIpc) is 3.40. The van der Waals surface area contributed by atoms with E-state index in [9.17, 15) is 9.59 Å². The molecule has 3 aromatic carbocycles. The summed E-state index contributed by atoms with van der Waals surface area (Å²) in [5.41, 5.74) is 2.47. The lowest BCUT2D eigenvalue weighted by molar-refractivity contribution is -0.121. The molecule has 1 heterocycles. The van der Waals surface area contributed by atoms with E-state index in [0.717, 1.165) is 18.7 Å². The number of carbonyl (C=O) groups excluding carboxylic acids is 2. The number of carbonyl (C=O) groups is 2. The van der Waals surface area contributed by atoms with Crippen LogP contribution in [0.2, 0.25) is 5.02 Å². The van der Waals surface area contributed by atoms with Crippen LogP contribution in [0.25, 0.3) is 0 Å². The SMILES string of the molecule is O=C(CC(NC(=O)c1ccccc1Cl)c1ccccc1)NCC(c1ccccc1)N1CCCC1. The van der Waals surface area contributed by atoms with Crippen LogP contribution in [0.15, 0.2) is 84.9 Å². The lowest BCUT2D eigenvalue weighted by Crippen LogP contribution is -2.39. The standard InChI is InChI=1S/C28H30ClN3O2/c29-24-16-8-7-15-23(24)28(34)31-25(21-11-3-1-4-12-21)19-27(33)30-20-26(32-17-9-10-18-32)22-13-5-2-6-14-22/h1-8,11-16,25-26H,9-10,17-20H2,(H,30,33)(H,31,34). The molecular weight excluding hydrogens is 446 g/mol. The van der Waals surface area contributed by atoms with Crippen LogP contribution in [-0.2, 0) is 4.79 Å². The molecule has 4 rings (SSSR count). The van der Waals surface area contributed by atoms with Crippen molar-refractivity contribution in [3.8, 4) is 0 Å². The summed E-state index contributed by atoms with van der Waals surface area (Å²) in [7, 11) is 0. The van der Waals surface area contributed by atoms with Gasteiger partial charge in [0.1, 0.15) is 0 Å². The molecule has 0 radical (unpaired) electrons. The second kappa shape index (κ2) is 11.8. The minimum absolute atomic E-state index is 0.103. The number of nitrogens with zero attached hydrogens (tertiary/aromatic N) is 1. The van der Waals surface area contributed by atoms with Crippen LogP contribution < -0.4 is 10.6 Å². The van der Waals surface area contributed by atoms with Gasteiger partial charge < -0.3 is 10.6 Å². The van der Waals surface area contributed by atoms with E-state index in [1.54, 1.807) is 24.3 Å². The van der Waals surface area contributed by atoms with Crippen molar-refractivity contribution in [1.82, 2.24) is 15.5 Å². The van der Waals surface area contributed by atoms with E-state index < -0.39 is 6.04 Å². The number of nitrogens with one attached hydrogen (secondary N) is 2. The average molecular weight is 476 g/mol. The van der Waals surface area contributed by atoms with Gasteiger partial charge in [-0.1, -0.05) is 84.4 Å². The first-order valence-corrected chi connectivity index (χ1v) is 12.2. The third kappa shape index (κ3) is 6.25. The lowest BCUT2D eigenvalue weighted by Gasteiger charge is -2.28. The first-order valence-electron chi connectivity index (χ1n) is 11.8. The van der Waals surface area contributed by atoms with Crippen LogP contribution in [0.3, 0.4) is 0 Å². The van der Waals surface area contributed by atoms with Gasteiger partial charge in [0, 0.05) is 6.54 Å². The number of rotatable bonds is 9. The number of halogens is 1. The number of benzene rings is 3. The largest absolute Gasteiger partial charge is 0.354 e. The maximum Gasteiger partial charge on any atom is 0.253 e. The molecule has 3 aromatic rings. The summed E-state index contributed by atoms with van der Waals surface area (Å²) in [5, 5.41) is 6.51. The molecule has 2 unspecified atom stereocenters. The van der Waals surface area contributed by atoms with Gasteiger partial charge in [0.2, 0.25) is 5.91 Å². The van der Waals surface area contributed by atoms with E-state index in [1.165, 1.54) is 18.4 Å². The van der Waals surface area contributed by atoms with Gasteiger partial charge in [-0.25, -0.2) is 0 Å². The monoisotopic (exact) mass is 475 g/mol. The van der Waals surface area contributed by atoms with Crippen LogP contribution in [0.4, 0.5) is 0 Å². The maximum atomic E-state index is 13.1. The summed E-state index contributed by atoms with van der Waals surface area (Å²) in [5.74, 6) is -0.403. The molecule has 2 N–H and O–H groups in total. The summed E-state index contributed by atoms with van der Waals surface area (Å²) in [6.45, 7) is 2.61. The molecular formula is C28H30ClN3O2. The highest BCUT2D eigenvalue weighted by molar-refractivity contribution is 6.33. The Morgan fingerprint density at radius 2 is 1.41 bits per heavy atom. The van der Waals surface area contributed by atoms with Gasteiger partial charge in [0.25, 0.3) is 5.91 Å². The Labute approximate surface area is 206 Å². The smallest absolute Gasteiger partial charge is 0.253 e. The van der Waals surface area contributed by atoms with E-state index in [1.807, 2.05) is 48.5 Å². The second-order valence-corrected chi connectivity index (χ2v) is 9.00. The maximum absolute atomic E-state index is 13.1. The molecule has 0 bridgehead atoms. The van der Waals surface area contributed by atoms with Crippen molar-refractivity contribution < 1.29 is 9.59 Å². The van der Waals surface area contributed by atoms with Gasteiger partial charge in [-0.05, 0) is 49.2 Å². The Morgan fingerprint density at radius 1 is 0.824 bits per heavy atom. The molecule has 0 spiro atoms. The topological polar surface area (TPSA) is 61.4 Å². The number of hydrogen-bond donors (Lipinski definition) is 2. The van der Waals surface area contributed by atoms with Crippen molar-refractivity contribution in [2.75, 3.05) is 19.6 Å². The minimum atomic E-state index is -0.466. The Balaban J connectivity index is 1.45. The highest BCUT2D eigenvalue weighted by Gasteiger charge is 2.25. The van der Waals surface area contributed by atoms with Gasteiger partial charge in [0.05, 0.1) is 29.1 Å². The predicted molar refractivity (Wildman–Crippen MR) is 136 cm³/mol. The quantitative estimate of drug-likeness (QED) is 0.449. The lowest BCUT2D eigenvalue weighted by atomic mass is 10.0. The van der Waals surface area contributed by atoms with Gasteiger partial charge in [-0.15, -0.1) is 0 Å². The molecule has 1 aliphatic heterocycles. The van der Waals surface area contributed by atoms with Gasteiger partial charge in [-0.3, -0.25) is 14.5 Å².